The van der Waals surface area contributed by atoms with E-state index in [0.717, 1.165) is 30.0 Å². The Hall–Kier alpha value is -0.350. The predicted molar refractivity (Wildman–Crippen MR) is 79.1 cm³/mol. The van der Waals surface area contributed by atoms with Crippen molar-refractivity contribution in [2.75, 3.05) is 18.4 Å². The zero-order valence-electron chi connectivity index (χ0n) is 11.5. The molecule has 1 atom stereocenters. The van der Waals surface area contributed by atoms with E-state index in [1.807, 2.05) is 0 Å². The third kappa shape index (κ3) is 3.58. The fourth-order valence-electron chi connectivity index (χ4n) is 2.91. The lowest BCUT2D eigenvalue weighted by Gasteiger charge is -2.32. The highest BCUT2D eigenvalue weighted by molar-refractivity contribution is 9.09. The molecule has 0 saturated carbocycles. The molecule has 1 fully saturated rings. The Balaban J connectivity index is 1.95. The van der Waals surface area contributed by atoms with Crippen LogP contribution in [0, 0.1) is 12.8 Å². The molecule has 2 rings (SSSR count). The van der Waals surface area contributed by atoms with Gasteiger partial charge in [-0.2, -0.15) is 5.10 Å². The Morgan fingerprint density at radius 3 is 3.06 bits per heavy atom. The van der Waals surface area contributed by atoms with E-state index in [4.69, 9.17) is 0 Å². The number of likely N-dealkylation sites (tertiary alicyclic amines) is 1. The van der Waals surface area contributed by atoms with Crippen LogP contribution in [0.15, 0.2) is 6.07 Å². The lowest BCUT2D eigenvalue weighted by atomic mass is 9.95. The van der Waals surface area contributed by atoms with E-state index in [1.165, 1.54) is 38.0 Å². The van der Waals surface area contributed by atoms with Gasteiger partial charge in [0.05, 0.1) is 11.4 Å². The van der Waals surface area contributed by atoms with Gasteiger partial charge in [0, 0.05) is 25.0 Å². The van der Waals surface area contributed by atoms with Crippen molar-refractivity contribution in [1.82, 2.24) is 14.7 Å². The van der Waals surface area contributed by atoms with Crippen LogP contribution in [-0.4, -0.2) is 33.1 Å². The van der Waals surface area contributed by atoms with Gasteiger partial charge in [0.1, 0.15) is 0 Å². The molecule has 102 valence electrons. The molecule has 0 aliphatic carbocycles. The highest BCUT2D eigenvalue weighted by Gasteiger charge is 2.20. The number of piperidine rings is 1. The van der Waals surface area contributed by atoms with Crippen LogP contribution in [0.5, 0.6) is 0 Å². The average Bonchev–Trinajstić information content (AvgIpc) is 2.70. The van der Waals surface area contributed by atoms with Crippen molar-refractivity contribution in [3.05, 3.63) is 17.5 Å². The van der Waals surface area contributed by atoms with Crippen LogP contribution >= 0.6 is 15.9 Å². The lowest BCUT2D eigenvalue weighted by Crippen LogP contribution is -2.35. The molecular weight excluding hydrogens is 290 g/mol. The zero-order chi connectivity index (χ0) is 13.0. The minimum absolute atomic E-state index is 0.872. The first-order valence-electron chi connectivity index (χ1n) is 7.04. The lowest BCUT2D eigenvalue weighted by molar-refractivity contribution is 0.161. The molecular formula is C14H24BrN3. The van der Waals surface area contributed by atoms with E-state index in [-0.39, 0.29) is 0 Å². The maximum Gasteiger partial charge on any atom is 0.0597 e. The molecule has 18 heavy (non-hydrogen) atoms. The fourth-order valence-corrected chi connectivity index (χ4v) is 3.56. The minimum atomic E-state index is 0.872. The van der Waals surface area contributed by atoms with Crippen molar-refractivity contribution in [3.8, 4) is 0 Å². The van der Waals surface area contributed by atoms with Crippen LogP contribution in [0.4, 0.5) is 0 Å². The number of aryl methyl sites for hydroxylation is 2. The molecule has 1 saturated heterocycles. The second kappa shape index (κ2) is 6.71. The second-order valence-corrected chi connectivity index (χ2v) is 6.11. The Labute approximate surface area is 119 Å². The maximum absolute atomic E-state index is 4.53. The van der Waals surface area contributed by atoms with Gasteiger partial charge in [0.25, 0.3) is 0 Å². The molecule has 0 amide bonds. The summed E-state index contributed by atoms with van der Waals surface area (Å²) in [6.45, 7) is 8.78. The molecule has 2 heterocycles. The number of hydrogen-bond acceptors (Lipinski definition) is 2. The Morgan fingerprint density at radius 2 is 2.33 bits per heavy atom. The third-order valence-corrected chi connectivity index (χ3v) is 4.25. The highest BCUT2D eigenvalue weighted by atomic mass is 79.9. The van der Waals surface area contributed by atoms with Crippen molar-refractivity contribution in [2.45, 2.75) is 46.2 Å². The standard InChI is InChI=1S/C14H24BrN3/c1-3-18-14(9-12(2)16-18)11-17-8-4-5-13(10-17)6-7-15/h9,13H,3-8,10-11H2,1-2H3. The van der Waals surface area contributed by atoms with E-state index in [9.17, 15) is 0 Å². The summed E-state index contributed by atoms with van der Waals surface area (Å²) in [7, 11) is 0. The summed E-state index contributed by atoms with van der Waals surface area (Å²) in [5.41, 5.74) is 2.51. The van der Waals surface area contributed by atoms with Crippen LogP contribution in [0.25, 0.3) is 0 Å². The molecule has 1 unspecified atom stereocenters. The largest absolute Gasteiger partial charge is 0.297 e. The van der Waals surface area contributed by atoms with E-state index < -0.39 is 0 Å². The van der Waals surface area contributed by atoms with Crippen molar-refractivity contribution in [1.29, 1.82) is 0 Å². The first-order chi connectivity index (χ1) is 8.72. The number of rotatable bonds is 5. The number of hydrogen-bond donors (Lipinski definition) is 0. The Kier molecular flexibility index (Phi) is 5.25. The summed E-state index contributed by atoms with van der Waals surface area (Å²) in [5.74, 6) is 0.872. The normalized spacial score (nSPS) is 21.4. The van der Waals surface area contributed by atoms with Gasteiger partial charge in [-0.05, 0) is 51.6 Å². The van der Waals surface area contributed by atoms with Crippen LogP contribution < -0.4 is 0 Å². The number of aromatic nitrogens is 2. The second-order valence-electron chi connectivity index (χ2n) is 5.31. The first kappa shape index (κ1) is 14.1. The minimum Gasteiger partial charge on any atom is -0.297 e. The quantitative estimate of drug-likeness (QED) is 0.778. The van der Waals surface area contributed by atoms with Crippen molar-refractivity contribution < 1.29 is 0 Å². The SMILES string of the molecule is CCn1nc(C)cc1CN1CCCC(CCBr)C1. The molecule has 0 radical (unpaired) electrons. The van der Waals surface area contributed by atoms with Crippen molar-refractivity contribution >= 4 is 15.9 Å². The maximum atomic E-state index is 4.53. The van der Waals surface area contributed by atoms with Crippen LogP contribution in [0.2, 0.25) is 0 Å². The van der Waals surface area contributed by atoms with E-state index >= 15 is 0 Å². The van der Waals surface area contributed by atoms with Crippen LogP contribution in [0.1, 0.15) is 37.6 Å². The summed E-state index contributed by atoms with van der Waals surface area (Å²) in [6.07, 6.45) is 4.05. The number of alkyl halides is 1. The third-order valence-electron chi connectivity index (χ3n) is 3.79. The summed E-state index contributed by atoms with van der Waals surface area (Å²) in [6, 6.07) is 2.23. The monoisotopic (exact) mass is 313 g/mol. The molecule has 0 N–H and O–H groups in total. The number of halogens is 1. The number of nitrogens with zero attached hydrogens (tertiary/aromatic N) is 3. The topological polar surface area (TPSA) is 21.1 Å². The van der Waals surface area contributed by atoms with E-state index in [2.05, 4.69) is 50.5 Å². The van der Waals surface area contributed by atoms with Gasteiger partial charge < -0.3 is 0 Å². The molecule has 0 aromatic carbocycles. The zero-order valence-corrected chi connectivity index (χ0v) is 13.1. The first-order valence-corrected chi connectivity index (χ1v) is 8.16. The Morgan fingerprint density at radius 1 is 1.50 bits per heavy atom. The van der Waals surface area contributed by atoms with Gasteiger partial charge in [-0.25, -0.2) is 0 Å². The van der Waals surface area contributed by atoms with Gasteiger partial charge in [-0.15, -0.1) is 0 Å². The van der Waals surface area contributed by atoms with E-state index in [0.29, 0.717) is 0 Å². The summed E-state index contributed by atoms with van der Waals surface area (Å²) < 4.78 is 2.14. The van der Waals surface area contributed by atoms with E-state index in [1.54, 1.807) is 0 Å². The highest BCUT2D eigenvalue weighted by Crippen LogP contribution is 2.22. The van der Waals surface area contributed by atoms with Gasteiger partial charge in [0.15, 0.2) is 0 Å². The summed E-state index contributed by atoms with van der Waals surface area (Å²) >= 11 is 3.57. The summed E-state index contributed by atoms with van der Waals surface area (Å²) in [4.78, 5) is 2.60. The predicted octanol–water partition coefficient (Wildman–Crippen LogP) is 3.21. The van der Waals surface area contributed by atoms with Gasteiger partial charge in [0.2, 0.25) is 0 Å². The smallest absolute Gasteiger partial charge is 0.0597 e. The molecule has 1 aromatic heterocycles. The van der Waals surface area contributed by atoms with Gasteiger partial charge in [-0.3, -0.25) is 9.58 Å². The fraction of sp³-hybridized carbons (Fsp3) is 0.786. The summed E-state index contributed by atoms with van der Waals surface area (Å²) in [5, 5.41) is 5.67. The molecule has 4 heteroatoms. The molecule has 0 spiro atoms. The molecule has 1 aromatic rings. The van der Waals surface area contributed by atoms with Crippen LogP contribution in [0.3, 0.4) is 0 Å². The van der Waals surface area contributed by atoms with Gasteiger partial charge >= 0.3 is 0 Å². The molecule has 3 nitrogen and oxygen atoms in total. The molecule has 1 aliphatic rings. The Bertz CT molecular complexity index is 373. The van der Waals surface area contributed by atoms with Crippen molar-refractivity contribution in [2.24, 2.45) is 5.92 Å². The van der Waals surface area contributed by atoms with Gasteiger partial charge in [-0.1, -0.05) is 15.9 Å². The molecule has 0 bridgehead atoms. The van der Waals surface area contributed by atoms with Crippen LogP contribution in [-0.2, 0) is 13.1 Å². The molecule has 1 aliphatic heterocycles. The van der Waals surface area contributed by atoms with Crippen molar-refractivity contribution in [3.63, 3.8) is 0 Å². The average molecular weight is 314 g/mol.